The summed E-state index contributed by atoms with van der Waals surface area (Å²) in [6, 6.07) is 0. The van der Waals surface area contributed by atoms with Crippen molar-refractivity contribution in [3.05, 3.63) is 0 Å². The van der Waals surface area contributed by atoms with Crippen molar-refractivity contribution in [1.82, 2.24) is 0 Å². The Hall–Kier alpha value is -0.510. The molecule has 0 aromatic carbocycles. The summed E-state index contributed by atoms with van der Waals surface area (Å²) < 4.78 is 4.90. The Bertz CT molecular complexity index is 369. The molecular formula is C16H24O3S. The molecule has 4 saturated carbocycles. The number of carbonyl (C=O) groups is 2. The number of carbonyl (C=O) groups excluding carboxylic acids is 2. The van der Waals surface area contributed by atoms with Crippen LogP contribution in [-0.4, -0.2) is 29.9 Å². The van der Waals surface area contributed by atoms with E-state index in [0.717, 1.165) is 37.0 Å². The number of hydrogen-bond acceptors (Lipinski definition) is 4. The van der Waals surface area contributed by atoms with Crippen LogP contribution in [0.5, 0.6) is 0 Å². The molecule has 0 N–H and O–H groups in total. The second-order valence-electron chi connectivity index (χ2n) is 6.92. The predicted octanol–water partition coefficient (Wildman–Crippen LogP) is 3.07. The van der Waals surface area contributed by atoms with Gasteiger partial charge in [-0.1, -0.05) is 0 Å². The zero-order valence-corrected chi connectivity index (χ0v) is 13.0. The molecule has 4 aliphatic carbocycles. The fourth-order valence-corrected chi connectivity index (χ4v) is 5.88. The van der Waals surface area contributed by atoms with Gasteiger partial charge in [-0.25, -0.2) is 0 Å². The number of thioether (sulfide) groups is 1. The lowest BCUT2D eigenvalue weighted by molar-refractivity contribution is -0.141. The molecule has 3 nitrogen and oxygen atoms in total. The number of hydrogen-bond donors (Lipinski definition) is 0. The smallest absolute Gasteiger partial charge is 0.315 e. The van der Waals surface area contributed by atoms with Gasteiger partial charge in [0.2, 0.25) is 0 Å². The van der Waals surface area contributed by atoms with Crippen molar-refractivity contribution in [3.8, 4) is 0 Å². The van der Waals surface area contributed by atoms with Crippen molar-refractivity contribution in [1.29, 1.82) is 0 Å². The maximum Gasteiger partial charge on any atom is 0.315 e. The molecule has 0 saturated heterocycles. The topological polar surface area (TPSA) is 43.4 Å². The summed E-state index contributed by atoms with van der Waals surface area (Å²) >= 11 is 1.43. The molecule has 0 unspecified atom stereocenters. The third-order valence-electron chi connectivity index (χ3n) is 5.39. The minimum absolute atomic E-state index is 0.0174. The van der Waals surface area contributed by atoms with Crippen LogP contribution >= 0.6 is 11.8 Å². The van der Waals surface area contributed by atoms with E-state index in [-0.39, 0.29) is 11.4 Å². The molecule has 0 heterocycles. The first-order valence-electron chi connectivity index (χ1n) is 7.88. The third-order valence-corrected chi connectivity index (χ3v) is 6.29. The molecule has 112 valence electrons. The molecule has 0 aromatic rings. The van der Waals surface area contributed by atoms with Crippen LogP contribution in [0.15, 0.2) is 0 Å². The zero-order valence-electron chi connectivity index (χ0n) is 12.2. The molecule has 0 aliphatic heterocycles. The van der Waals surface area contributed by atoms with Gasteiger partial charge in [0.1, 0.15) is 5.78 Å². The van der Waals surface area contributed by atoms with E-state index in [1.165, 1.54) is 31.0 Å². The van der Waals surface area contributed by atoms with E-state index in [1.807, 2.05) is 6.92 Å². The van der Waals surface area contributed by atoms with Crippen LogP contribution in [0.2, 0.25) is 0 Å². The minimum atomic E-state index is -0.198. The lowest BCUT2D eigenvalue weighted by Crippen LogP contribution is -2.50. The summed E-state index contributed by atoms with van der Waals surface area (Å²) in [5, 5.41) is 0. The highest BCUT2D eigenvalue weighted by Crippen LogP contribution is 2.60. The number of esters is 1. The van der Waals surface area contributed by atoms with Gasteiger partial charge in [0.15, 0.2) is 0 Å². The van der Waals surface area contributed by atoms with Crippen LogP contribution in [0.3, 0.4) is 0 Å². The van der Waals surface area contributed by atoms with Gasteiger partial charge in [0, 0.05) is 5.41 Å². The molecule has 4 bridgehead atoms. The van der Waals surface area contributed by atoms with Crippen LogP contribution < -0.4 is 0 Å². The van der Waals surface area contributed by atoms with Gasteiger partial charge >= 0.3 is 5.97 Å². The summed E-state index contributed by atoms with van der Waals surface area (Å²) in [5.41, 5.74) is -0.0174. The molecule has 0 aromatic heterocycles. The van der Waals surface area contributed by atoms with Crippen molar-refractivity contribution >= 4 is 23.5 Å². The summed E-state index contributed by atoms with van der Waals surface area (Å²) in [6.07, 6.45) is 7.46. The number of ketones is 1. The Morgan fingerprint density at radius 3 is 2.10 bits per heavy atom. The Kier molecular flexibility index (Phi) is 4.11. The second kappa shape index (κ2) is 5.70. The summed E-state index contributed by atoms with van der Waals surface area (Å²) in [7, 11) is 0. The van der Waals surface area contributed by atoms with E-state index in [4.69, 9.17) is 4.74 Å². The van der Waals surface area contributed by atoms with Crippen molar-refractivity contribution in [2.24, 2.45) is 23.2 Å². The highest BCUT2D eigenvalue weighted by Gasteiger charge is 2.53. The fourth-order valence-electron chi connectivity index (χ4n) is 5.03. The highest BCUT2D eigenvalue weighted by molar-refractivity contribution is 8.00. The van der Waals surface area contributed by atoms with Crippen LogP contribution in [0.1, 0.15) is 45.4 Å². The molecular weight excluding hydrogens is 272 g/mol. The molecule has 4 rings (SSSR count). The maximum atomic E-state index is 12.7. The zero-order chi connectivity index (χ0) is 14.2. The Labute approximate surface area is 125 Å². The number of Topliss-reactive ketones (excluding diaryl/α,β-unsaturated/α-hetero) is 1. The third kappa shape index (κ3) is 2.76. The number of rotatable bonds is 6. The average molecular weight is 296 g/mol. The van der Waals surface area contributed by atoms with Crippen molar-refractivity contribution in [2.75, 3.05) is 18.1 Å². The second-order valence-corrected chi connectivity index (χ2v) is 7.90. The van der Waals surface area contributed by atoms with Gasteiger partial charge in [0.25, 0.3) is 0 Å². The van der Waals surface area contributed by atoms with Crippen LogP contribution in [-0.2, 0) is 14.3 Å². The number of ether oxygens (including phenoxy) is 1. The molecule has 0 atom stereocenters. The van der Waals surface area contributed by atoms with Crippen molar-refractivity contribution < 1.29 is 14.3 Å². The normalized spacial score (nSPS) is 38.0. The van der Waals surface area contributed by atoms with Crippen molar-refractivity contribution in [3.63, 3.8) is 0 Å². The van der Waals surface area contributed by atoms with E-state index < -0.39 is 0 Å². The average Bonchev–Trinajstić information content (AvgIpc) is 2.37. The van der Waals surface area contributed by atoms with Gasteiger partial charge in [-0.2, -0.15) is 0 Å². The summed E-state index contributed by atoms with van der Waals surface area (Å²) in [5.74, 6) is 3.43. The molecule has 0 spiro atoms. The monoisotopic (exact) mass is 296 g/mol. The quantitative estimate of drug-likeness (QED) is 0.707. The Morgan fingerprint density at radius 1 is 1.05 bits per heavy atom. The van der Waals surface area contributed by atoms with Crippen molar-refractivity contribution in [2.45, 2.75) is 45.4 Å². The SMILES string of the molecule is CCOC(=O)CSCC(=O)C12CC3CC(CC(C3)C1)C2. The van der Waals surface area contributed by atoms with Gasteiger partial charge < -0.3 is 4.74 Å². The summed E-state index contributed by atoms with van der Waals surface area (Å²) in [6.45, 7) is 2.23. The van der Waals surface area contributed by atoms with Crippen LogP contribution in [0.4, 0.5) is 0 Å². The lowest BCUT2D eigenvalue weighted by Gasteiger charge is -2.56. The summed E-state index contributed by atoms with van der Waals surface area (Å²) in [4.78, 5) is 24.0. The maximum absolute atomic E-state index is 12.7. The van der Waals surface area contributed by atoms with E-state index >= 15 is 0 Å². The minimum Gasteiger partial charge on any atom is -0.465 e. The molecule has 4 aliphatic rings. The van der Waals surface area contributed by atoms with Crippen LogP contribution in [0.25, 0.3) is 0 Å². The van der Waals surface area contributed by atoms with Crippen LogP contribution in [0, 0.1) is 23.2 Å². The first kappa shape index (κ1) is 14.4. The fraction of sp³-hybridized carbons (Fsp3) is 0.875. The lowest BCUT2D eigenvalue weighted by atomic mass is 9.48. The molecule has 0 amide bonds. The van der Waals surface area contributed by atoms with Gasteiger partial charge in [-0.05, 0) is 63.2 Å². The van der Waals surface area contributed by atoms with E-state index in [0.29, 0.717) is 23.9 Å². The molecule has 4 heteroatoms. The first-order chi connectivity index (χ1) is 9.61. The van der Waals surface area contributed by atoms with E-state index in [1.54, 1.807) is 0 Å². The van der Waals surface area contributed by atoms with Gasteiger partial charge in [0.05, 0.1) is 18.1 Å². The Morgan fingerprint density at radius 2 is 1.60 bits per heavy atom. The molecule has 20 heavy (non-hydrogen) atoms. The first-order valence-corrected chi connectivity index (χ1v) is 9.03. The van der Waals surface area contributed by atoms with E-state index in [2.05, 4.69) is 0 Å². The molecule has 0 radical (unpaired) electrons. The van der Waals surface area contributed by atoms with Gasteiger partial charge in [-0.3, -0.25) is 9.59 Å². The van der Waals surface area contributed by atoms with E-state index in [9.17, 15) is 9.59 Å². The van der Waals surface area contributed by atoms with Gasteiger partial charge in [-0.15, -0.1) is 11.8 Å². The highest BCUT2D eigenvalue weighted by atomic mass is 32.2. The largest absolute Gasteiger partial charge is 0.465 e. The standard InChI is InChI=1S/C16H24O3S/c1-2-19-15(18)10-20-9-14(17)16-6-11-3-12(7-16)5-13(4-11)8-16/h11-13H,2-10H2,1H3. The Balaban J connectivity index is 1.53. The molecule has 4 fully saturated rings. The predicted molar refractivity (Wildman–Crippen MR) is 79.6 cm³/mol.